The molecule has 5 heteroatoms. The number of rotatable bonds is 5. The smallest absolute Gasteiger partial charge is 0.371 e. The van der Waals surface area contributed by atoms with Crippen LogP contribution in [0, 0.1) is 6.92 Å². The molecule has 0 fully saturated rings. The molecule has 0 aliphatic carbocycles. The van der Waals surface area contributed by atoms with E-state index in [1.54, 1.807) is 19.2 Å². The van der Waals surface area contributed by atoms with Crippen molar-refractivity contribution in [3.63, 3.8) is 0 Å². The molecule has 19 heavy (non-hydrogen) atoms. The van der Waals surface area contributed by atoms with Gasteiger partial charge in [-0.3, -0.25) is 9.88 Å². The van der Waals surface area contributed by atoms with E-state index in [0.717, 1.165) is 11.3 Å². The number of furan rings is 1. The van der Waals surface area contributed by atoms with E-state index in [0.29, 0.717) is 18.8 Å². The Kier molecular flexibility index (Phi) is 3.97. The van der Waals surface area contributed by atoms with Gasteiger partial charge in [-0.05, 0) is 32.2 Å². The molecule has 100 valence electrons. The van der Waals surface area contributed by atoms with Gasteiger partial charge >= 0.3 is 5.97 Å². The third kappa shape index (κ3) is 3.42. The van der Waals surface area contributed by atoms with Crippen LogP contribution < -0.4 is 0 Å². The molecule has 0 aliphatic heterocycles. The lowest BCUT2D eigenvalue weighted by Crippen LogP contribution is -2.18. The van der Waals surface area contributed by atoms with Gasteiger partial charge in [-0.2, -0.15) is 0 Å². The maximum Gasteiger partial charge on any atom is 0.371 e. The van der Waals surface area contributed by atoms with Crippen LogP contribution >= 0.6 is 0 Å². The number of nitrogens with zero attached hydrogens (tertiary/aromatic N) is 2. The first kappa shape index (κ1) is 13.3. The highest BCUT2D eigenvalue weighted by Gasteiger charge is 2.14. The summed E-state index contributed by atoms with van der Waals surface area (Å²) in [5, 5.41) is 8.87. The van der Waals surface area contributed by atoms with E-state index >= 15 is 0 Å². The minimum Gasteiger partial charge on any atom is -0.475 e. The van der Waals surface area contributed by atoms with Gasteiger partial charge < -0.3 is 9.52 Å². The molecule has 2 aromatic heterocycles. The third-order valence-corrected chi connectivity index (χ3v) is 2.83. The molecule has 0 aromatic carbocycles. The van der Waals surface area contributed by atoms with Crippen molar-refractivity contribution in [1.29, 1.82) is 0 Å². The molecular weight excluding hydrogens is 244 g/mol. The maximum absolute atomic E-state index is 10.8. The first-order valence-electron chi connectivity index (χ1n) is 5.97. The van der Waals surface area contributed by atoms with E-state index in [9.17, 15) is 4.79 Å². The lowest BCUT2D eigenvalue weighted by atomic mass is 10.2. The third-order valence-electron chi connectivity index (χ3n) is 2.83. The van der Waals surface area contributed by atoms with Gasteiger partial charge in [-0.1, -0.05) is 6.07 Å². The molecule has 0 unspecified atom stereocenters. The Labute approximate surface area is 111 Å². The van der Waals surface area contributed by atoms with Gasteiger partial charge in [0.25, 0.3) is 0 Å². The molecule has 5 nitrogen and oxygen atoms in total. The zero-order valence-electron chi connectivity index (χ0n) is 11.0. The van der Waals surface area contributed by atoms with Crippen molar-refractivity contribution in [1.82, 2.24) is 9.88 Å². The fraction of sp³-hybridized carbons (Fsp3) is 0.286. The molecule has 0 spiro atoms. The molecule has 0 saturated carbocycles. The lowest BCUT2D eigenvalue weighted by Gasteiger charge is -2.15. The summed E-state index contributed by atoms with van der Waals surface area (Å²) >= 11 is 0. The number of aromatic nitrogens is 1. The fourth-order valence-corrected chi connectivity index (χ4v) is 1.90. The molecule has 2 heterocycles. The van der Waals surface area contributed by atoms with Crippen LogP contribution in [-0.2, 0) is 13.1 Å². The number of carboxylic acid groups (broad SMARTS) is 1. The second-order valence-corrected chi connectivity index (χ2v) is 4.49. The van der Waals surface area contributed by atoms with Crippen molar-refractivity contribution in [3.8, 4) is 0 Å². The zero-order chi connectivity index (χ0) is 13.8. The summed E-state index contributed by atoms with van der Waals surface area (Å²) in [5.74, 6) is -0.411. The molecule has 0 radical (unpaired) electrons. The summed E-state index contributed by atoms with van der Waals surface area (Å²) in [6.45, 7) is 3.10. The van der Waals surface area contributed by atoms with Crippen molar-refractivity contribution >= 4 is 5.97 Å². The summed E-state index contributed by atoms with van der Waals surface area (Å²) in [7, 11) is 1.96. The predicted molar refractivity (Wildman–Crippen MR) is 69.8 cm³/mol. The average Bonchev–Trinajstić information content (AvgIpc) is 2.72. The fourth-order valence-electron chi connectivity index (χ4n) is 1.90. The Morgan fingerprint density at radius 3 is 2.79 bits per heavy atom. The van der Waals surface area contributed by atoms with E-state index in [-0.39, 0.29) is 5.76 Å². The van der Waals surface area contributed by atoms with E-state index in [4.69, 9.17) is 9.52 Å². The monoisotopic (exact) mass is 260 g/mol. The number of carboxylic acids is 1. The SMILES string of the molecule is Cc1oc(C(=O)O)cc1CN(C)Cc1ccccn1. The summed E-state index contributed by atoms with van der Waals surface area (Å²) in [4.78, 5) is 17.1. The van der Waals surface area contributed by atoms with Crippen LogP contribution in [0.1, 0.15) is 27.6 Å². The highest BCUT2D eigenvalue weighted by Crippen LogP contribution is 2.17. The van der Waals surface area contributed by atoms with Crippen LogP contribution in [0.2, 0.25) is 0 Å². The second kappa shape index (κ2) is 5.67. The Morgan fingerprint density at radius 2 is 2.21 bits per heavy atom. The minimum absolute atomic E-state index is 0.0151. The maximum atomic E-state index is 10.8. The number of carbonyl (C=O) groups is 1. The topological polar surface area (TPSA) is 66.6 Å². The summed E-state index contributed by atoms with van der Waals surface area (Å²) in [5.41, 5.74) is 1.86. The summed E-state index contributed by atoms with van der Waals surface area (Å²) in [6.07, 6.45) is 1.76. The van der Waals surface area contributed by atoms with Crippen molar-refractivity contribution in [2.45, 2.75) is 20.0 Å². The minimum atomic E-state index is -1.04. The molecule has 2 aromatic rings. The lowest BCUT2D eigenvalue weighted by molar-refractivity contribution is 0.0661. The Bertz CT molecular complexity index is 563. The van der Waals surface area contributed by atoms with Gasteiger partial charge in [0, 0.05) is 24.8 Å². The van der Waals surface area contributed by atoms with E-state index < -0.39 is 5.97 Å². The molecular formula is C14H16N2O3. The molecule has 0 saturated heterocycles. The van der Waals surface area contributed by atoms with Crippen molar-refractivity contribution in [2.24, 2.45) is 0 Å². The molecule has 1 N–H and O–H groups in total. The number of hydrogen-bond acceptors (Lipinski definition) is 4. The summed E-state index contributed by atoms with van der Waals surface area (Å²) in [6, 6.07) is 7.36. The number of aromatic carboxylic acids is 1. The predicted octanol–water partition coefficient (Wildman–Crippen LogP) is 2.31. The first-order chi connectivity index (χ1) is 9.06. The van der Waals surface area contributed by atoms with Crippen LogP contribution in [-0.4, -0.2) is 28.0 Å². The van der Waals surface area contributed by atoms with E-state index in [1.807, 2.05) is 25.2 Å². The first-order valence-corrected chi connectivity index (χ1v) is 5.97. The van der Waals surface area contributed by atoms with Gasteiger partial charge in [-0.25, -0.2) is 4.79 Å². The van der Waals surface area contributed by atoms with Gasteiger partial charge in [0.15, 0.2) is 0 Å². The largest absolute Gasteiger partial charge is 0.475 e. The van der Waals surface area contributed by atoms with Gasteiger partial charge in [-0.15, -0.1) is 0 Å². The van der Waals surface area contributed by atoms with E-state index in [2.05, 4.69) is 9.88 Å². The highest BCUT2D eigenvalue weighted by molar-refractivity contribution is 5.84. The van der Waals surface area contributed by atoms with Crippen molar-refractivity contribution < 1.29 is 14.3 Å². The van der Waals surface area contributed by atoms with Gasteiger partial charge in [0.1, 0.15) is 5.76 Å². The molecule has 0 aliphatic rings. The average molecular weight is 260 g/mol. The van der Waals surface area contributed by atoms with E-state index in [1.165, 1.54) is 0 Å². The Balaban J connectivity index is 2.03. The van der Waals surface area contributed by atoms with Gasteiger partial charge in [0.2, 0.25) is 5.76 Å². The second-order valence-electron chi connectivity index (χ2n) is 4.49. The van der Waals surface area contributed by atoms with Crippen LogP contribution in [0.5, 0.6) is 0 Å². The molecule has 0 bridgehead atoms. The number of hydrogen-bond donors (Lipinski definition) is 1. The Hall–Kier alpha value is -2.14. The molecule has 0 amide bonds. The Morgan fingerprint density at radius 1 is 1.42 bits per heavy atom. The van der Waals surface area contributed by atoms with Crippen LogP contribution in [0.3, 0.4) is 0 Å². The standard InChI is InChI=1S/C14H16N2O3/c1-10-11(7-13(19-10)14(17)18)8-16(2)9-12-5-3-4-6-15-12/h3-7H,8-9H2,1-2H3,(H,17,18). The van der Waals surface area contributed by atoms with Gasteiger partial charge in [0.05, 0.1) is 5.69 Å². The number of pyridine rings is 1. The van der Waals surface area contributed by atoms with Crippen LogP contribution in [0.15, 0.2) is 34.9 Å². The normalized spacial score (nSPS) is 10.9. The van der Waals surface area contributed by atoms with Crippen molar-refractivity contribution in [3.05, 3.63) is 53.2 Å². The van der Waals surface area contributed by atoms with Crippen molar-refractivity contribution in [2.75, 3.05) is 7.05 Å². The van der Waals surface area contributed by atoms with Crippen LogP contribution in [0.4, 0.5) is 0 Å². The van der Waals surface area contributed by atoms with Crippen LogP contribution in [0.25, 0.3) is 0 Å². The number of aryl methyl sites for hydroxylation is 1. The highest BCUT2D eigenvalue weighted by atomic mass is 16.4. The molecule has 0 atom stereocenters. The zero-order valence-corrected chi connectivity index (χ0v) is 11.0. The summed E-state index contributed by atoms with van der Waals surface area (Å²) < 4.78 is 5.19. The molecule has 2 rings (SSSR count). The quantitative estimate of drug-likeness (QED) is 0.893.